The molecule has 12 heavy (non-hydrogen) atoms. The number of ether oxygens (including phenoxy) is 1. The molecule has 1 aromatic heterocycles. The second kappa shape index (κ2) is 3.58. The second-order valence-electron chi connectivity index (χ2n) is 2.46. The van der Waals surface area contributed by atoms with Gasteiger partial charge >= 0.3 is 5.97 Å². The third kappa shape index (κ3) is 2.23. The zero-order valence-electron chi connectivity index (χ0n) is 6.96. The summed E-state index contributed by atoms with van der Waals surface area (Å²) in [5, 5.41) is 8.35. The topological polar surface area (TPSA) is 46.5 Å². The Morgan fingerprint density at radius 1 is 1.67 bits per heavy atom. The minimum absolute atomic E-state index is 0.267. The van der Waals surface area contributed by atoms with Crippen molar-refractivity contribution in [3.8, 4) is 5.75 Å². The Morgan fingerprint density at radius 2 is 2.33 bits per heavy atom. The maximum absolute atomic E-state index is 10.2. The summed E-state index contributed by atoms with van der Waals surface area (Å²) in [5.41, 5.74) is 0. The van der Waals surface area contributed by atoms with Gasteiger partial charge < -0.3 is 9.84 Å². The van der Waals surface area contributed by atoms with Gasteiger partial charge in [-0.2, -0.15) is 0 Å². The SMILES string of the molecule is Cc1cc(OCC(=O)O)c(C)s1. The van der Waals surface area contributed by atoms with E-state index in [1.807, 2.05) is 19.9 Å². The summed E-state index contributed by atoms with van der Waals surface area (Å²) < 4.78 is 5.03. The van der Waals surface area contributed by atoms with Crippen molar-refractivity contribution < 1.29 is 14.6 Å². The van der Waals surface area contributed by atoms with Crippen molar-refractivity contribution in [1.29, 1.82) is 0 Å². The highest BCUT2D eigenvalue weighted by Crippen LogP contribution is 2.27. The highest BCUT2D eigenvalue weighted by molar-refractivity contribution is 7.12. The lowest BCUT2D eigenvalue weighted by atomic mass is 10.4. The number of carboxylic acid groups (broad SMARTS) is 1. The molecule has 4 heteroatoms. The van der Waals surface area contributed by atoms with Crippen LogP contribution in [0.3, 0.4) is 0 Å². The average Bonchev–Trinajstić information content (AvgIpc) is 2.26. The van der Waals surface area contributed by atoms with Gasteiger partial charge in [0, 0.05) is 9.75 Å². The summed E-state index contributed by atoms with van der Waals surface area (Å²) in [6, 6.07) is 1.85. The fourth-order valence-electron chi connectivity index (χ4n) is 0.890. The molecule has 0 aliphatic carbocycles. The van der Waals surface area contributed by atoms with Crippen LogP contribution in [0.5, 0.6) is 5.75 Å². The number of aryl methyl sites for hydroxylation is 2. The number of aliphatic carboxylic acids is 1. The number of carbonyl (C=O) groups is 1. The fraction of sp³-hybridized carbons (Fsp3) is 0.375. The molecule has 66 valence electrons. The molecule has 1 aromatic rings. The molecule has 0 atom stereocenters. The highest BCUT2D eigenvalue weighted by atomic mass is 32.1. The summed E-state index contributed by atoms with van der Waals surface area (Å²) in [6.07, 6.45) is 0. The average molecular weight is 186 g/mol. The molecule has 0 radical (unpaired) electrons. The van der Waals surface area contributed by atoms with Gasteiger partial charge in [0.2, 0.25) is 0 Å². The van der Waals surface area contributed by atoms with Crippen molar-refractivity contribution in [2.75, 3.05) is 6.61 Å². The minimum Gasteiger partial charge on any atom is -0.481 e. The third-order valence-corrected chi connectivity index (χ3v) is 2.29. The van der Waals surface area contributed by atoms with E-state index in [1.165, 1.54) is 0 Å². The van der Waals surface area contributed by atoms with Crippen LogP contribution < -0.4 is 4.74 Å². The summed E-state index contributed by atoms with van der Waals surface area (Å²) in [5.74, 6) is -0.266. The Morgan fingerprint density at radius 3 is 2.75 bits per heavy atom. The first-order chi connectivity index (χ1) is 5.59. The lowest BCUT2D eigenvalue weighted by molar-refractivity contribution is -0.139. The van der Waals surface area contributed by atoms with Crippen LogP contribution in [0, 0.1) is 13.8 Å². The molecule has 0 aliphatic rings. The van der Waals surface area contributed by atoms with Gasteiger partial charge in [0.25, 0.3) is 0 Å². The van der Waals surface area contributed by atoms with Gasteiger partial charge in [0.1, 0.15) is 5.75 Å². The standard InChI is InChI=1S/C8H10O3S/c1-5-3-7(6(2)12-5)11-4-8(9)10/h3H,4H2,1-2H3,(H,9,10). The molecule has 0 fully saturated rings. The van der Waals surface area contributed by atoms with E-state index < -0.39 is 5.97 Å². The quantitative estimate of drug-likeness (QED) is 0.783. The van der Waals surface area contributed by atoms with Gasteiger partial charge in [-0.15, -0.1) is 11.3 Å². The highest BCUT2D eigenvalue weighted by Gasteiger charge is 2.05. The largest absolute Gasteiger partial charge is 0.481 e. The predicted molar refractivity (Wildman–Crippen MR) is 46.9 cm³/mol. The maximum atomic E-state index is 10.2. The molecule has 0 aliphatic heterocycles. The van der Waals surface area contributed by atoms with E-state index in [1.54, 1.807) is 11.3 Å². The molecule has 0 unspecified atom stereocenters. The monoisotopic (exact) mass is 186 g/mol. The molecule has 1 rings (SSSR count). The van der Waals surface area contributed by atoms with E-state index in [9.17, 15) is 4.79 Å². The van der Waals surface area contributed by atoms with Crippen LogP contribution in [-0.2, 0) is 4.79 Å². The van der Waals surface area contributed by atoms with E-state index in [4.69, 9.17) is 9.84 Å². The number of thiophene rings is 1. The first kappa shape index (κ1) is 9.06. The molecule has 1 N–H and O–H groups in total. The van der Waals surface area contributed by atoms with Crippen molar-refractivity contribution >= 4 is 17.3 Å². The Hall–Kier alpha value is -1.03. The van der Waals surface area contributed by atoms with Crippen molar-refractivity contribution in [1.82, 2.24) is 0 Å². The van der Waals surface area contributed by atoms with Crippen LogP contribution >= 0.6 is 11.3 Å². The number of rotatable bonds is 3. The molecule has 3 nitrogen and oxygen atoms in total. The van der Waals surface area contributed by atoms with Crippen molar-refractivity contribution in [3.63, 3.8) is 0 Å². The molecule has 0 bridgehead atoms. The summed E-state index contributed by atoms with van der Waals surface area (Å²) >= 11 is 1.60. The lowest BCUT2D eigenvalue weighted by Crippen LogP contribution is -2.09. The summed E-state index contributed by atoms with van der Waals surface area (Å²) in [4.78, 5) is 12.3. The van der Waals surface area contributed by atoms with Crippen molar-refractivity contribution in [2.24, 2.45) is 0 Å². The lowest BCUT2D eigenvalue weighted by Gasteiger charge is -1.99. The molecular weight excluding hydrogens is 176 g/mol. The normalized spacial score (nSPS) is 9.83. The van der Waals surface area contributed by atoms with Crippen LogP contribution in [-0.4, -0.2) is 17.7 Å². The molecule has 0 amide bonds. The molecule has 0 aromatic carbocycles. The zero-order valence-corrected chi connectivity index (χ0v) is 7.77. The Labute approximate surface area is 74.6 Å². The first-order valence-corrected chi connectivity index (χ1v) is 4.33. The second-order valence-corrected chi connectivity index (χ2v) is 3.92. The van der Waals surface area contributed by atoms with E-state index in [-0.39, 0.29) is 6.61 Å². The first-order valence-electron chi connectivity index (χ1n) is 3.51. The van der Waals surface area contributed by atoms with Crippen LogP contribution in [0.1, 0.15) is 9.75 Å². The van der Waals surface area contributed by atoms with Crippen LogP contribution in [0.4, 0.5) is 0 Å². The maximum Gasteiger partial charge on any atom is 0.341 e. The number of hydrogen-bond acceptors (Lipinski definition) is 3. The van der Waals surface area contributed by atoms with Crippen LogP contribution in [0.15, 0.2) is 6.07 Å². The van der Waals surface area contributed by atoms with E-state index >= 15 is 0 Å². The van der Waals surface area contributed by atoms with E-state index in [0.717, 1.165) is 9.75 Å². The number of carboxylic acids is 1. The Balaban J connectivity index is 2.62. The summed E-state index contributed by atoms with van der Waals surface area (Å²) in [6.45, 7) is 3.61. The van der Waals surface area contributed by atoms with E-state index in [0.29, 0.717) is 5.75 Å². The molecule has 1 heterocycles. The summed E-state index contributed by atoms with van der Waals surface area (Å²) in [7, 11) is 0. The van der Waals surface area contributed by atoms with Gasteiger partial charge in [-0.05, 0) is 19.9 Å². The zero-order chi connectivity index (χ0) is 9.14. The molecular formula is C8H10O3S. The minimum atomic E-state index is -0.946. The molecule has 0 saturated carbocycles. The number of hydrogen-bond donors (Lipinski definition) is 1. The molecule has 0 saturated heterocycles. The Bertz CT molecular complexity index is 290. The van der Waals surface area contributed by atoms with Crippen molar-refractivity contribution in [3.05, 3.63) is 15.8 Å². The van der Waals surface area contributed by atoms with Crippen molar-refractivity contribution in [2.45, 2.75) is 13.8 Å². The fourth-order valence-corrected chi connectivity index (χ4v) is 1.76. The van der Waals surface area contributed by atoms with Gasteiger partial charge in [-0.3, -0.25) is 0 Å². The van der Waals surface area contributed by atoms with Gasteiger partial charge in [0.15, 0.2) is 6.61 Å². The van der Waals surface area contributed by atoms with E-state index in [2.05, 4.69) is 0 Å². The predicted octanol–water partition coefficient (Wildman–Crippen LogP) is 1.83. The van der Waals surface area contributed by atoms with Crippen LogP contribution in [0.2, 0.25) is 0 Å². The third-order valence-electron chi connectivity index (χ3n) is 1.35. The van der Waals surface area contributed by atoms with Gasteiger partial charge in [-0.25, -0.2) is 4.79 Å². The van der Waals surface area contributed by atoms with Crippen LogP contribution in [0.25, 0.3) is 0 Å². The van der Waals surface area contributed by atoms with Gasteiger partial charge in [-0.1, -0.05) is 0 Å². The Kier molecular flexibility index (Phi) is 2.70. The molecule has 0 spiro atoms. The smallest absolute Gasteiger partial charge is 0.341 e. The van der Waals surface area contributed by atoms with Gasteiger partial charge in [0.05, 0.1) is 0 Å².